The molecule has 15 nitrogen and oxygen atoms in total. The Labute approximate surface area is 343 Å². The second-order valence-electron chi connectivity index (χ2n) is 13.9. The molecule has 0 radical (unpaired) electrons. The zero-order valence-corrected chi connectivity index (χ0v) is 33.8. The second-order valence-corrected chi connectivity index (χ2v) is 13.9. The van der Waals surface area contributed by atoms with Crippen LogP contribution in [-0.2, 0) is 49.5 Å². The fourth-order valence-electron chi connectivity index (χ4n) is 6.34. The Kier molecular flexibility index (Phi) is 13.0. The first-order chi connectivity index (χ1) is 28.7. The molecule has 2 N–H and O–H groups in total. The van der Waals surface area contributed by atoms with Crippen molar-refractivity contribution in [2.45, 2.75) is 53.6 Å². The van der Waals surface area contributed by atoms with E-state index in [-0.39, 0.29) is 54.4 Å². The summed E-state index contributed by atoms with van der Waals surface area (Å²) in [4.78, 5) is 63.2. The molecule has 6 heterocycles. The molecule has 0 aliphatic rings. The summed E-state index contributed by atoms with van der Waals surface area (Å²) in [7, 11) is 3.31. The number of anilines is 1. The summed E-state index contributed by atoms with van der Waals surface area (Å²) >= 11 is 0. The lowest BCUT2D eigenvalue weighted by molar-refractivity contribution is -0.144. The number of halogens is 2. The number of aromatic nitrogens is 10. The van der Waals surface area contributed by atoms with Crippen LogP contribution in [0.3, 0.4) is 0 Å². The third-order valence-corrected chi connectivity index (χ3v) is 9.32. The van der Waals surface area contributed by atoms with Crippen LogP contribution in [0.1, 0.15) is 66.1 Å². The highest BCUT2D eigenvalue weighted by atomic mass is 19.1. The molecule has 0 spiro atoms. The van der Waals surface area contributed by atoms with Crippen LogP contribution >= 0.6 is 0 Å². The maximum atomic E-state index is 14.5. The van der Waals surface area contributed by atoms with Crippen LogP contribution in [0.5, 0.6) is 0 Å². The lowest BCUT2D eigenvalue weighted by Crippen LogP contribution is -2.14. The molecule has 0 unspecified atom stereocenters. The number of ether oxygens (including phenoxy) is 1. The number of benzene rings is 1. The normalized spacial score (nSPS) is 10.9. The molecule has 0 atom stereocenters. The molecule has 1 aromatic carbocycles. The SMILES string of the molecule is Cc1ncc(C)c(-c2cnn(C)c2C(=O)Cc2cc(CC(=O)OCc3ccccc3)ncc2F)n1.Cc1ncc(C)c(-c2cnn(C)c2C(=O)Cc2cc(N)ncc2F)n1. The van der Waals surface area contributed by atoms with E-state index < -0.39 is 17.6 Å². The molecule has 60 heavy (non-hydrogen) atoms. The summed E-state index contributed by atoms with van der Waals surface area (Å²) in [6.07, 6.45) is 8.06. The smallest absolute Gasteiger partial charge is 0.312 e. The van der Waals surface area contributed by atoms with E-state index in [1.165, 1.54) is 21.5 Å². The van der Waals surface area contributed by atoms with Crippen LogP contribution in [0.2, 0.25) is 0 Å². The minimum Gasteiger partial charge on any atom is -0.461 e. The molecule has 0 bridgehead atoms. The molecule has 6 aromatic heterocycles. The minimum absolute atomic E-state index is 0.134. The minimum atomic E-state index is -0.627. The average Bonchev–Trinajstić information content (AvgIpc) is 3.81. The maximum Gasteiger partial charge on any atom is 0.312 e. The fourth-order valence-corrected chi connectivity index (χ4v) is 6.34. The van der Waals surface area contributed by atoms with Gasteiger partial charge < -0.3 is 10.5 Å². The van der Waals surface area contributed by atoms with Gasteiger partial charge in [0.25, 0.3) is 0 Å². The van der Waals surface area contributed by atoms with Crippen LogP contribution in [-0.4, -0.2) is 67.0 Å². The molecular weight excluding hydrogens is 773 g/mol. The topological polar surface area (TPSA) is 199 Å². The standard InChI is InChI=1S/C26H24FN5O3.C17H17FN6O/c1-16-12-28-17(2)31-25(16)21-13-30-32(3)26(21)23(33)10-19-9-20(29-14-22(19)27)11-24(34)35-15-18-7-5-4-6-8-18;1-9-6-20-10(2)23-16(9)12-7-22-24(3)17(12)14(25)4-11-5-15(19)21-8-13(11)18/h4-9,12-14H,10-11,15H2,1-3H3;5-8H,4H2,1-3H3,(H2,19,21). The molecule has 17 heteroatoms. The number of nitrogens with two attached hydrogens (primary N) is 1. The van der Waals surface area contributed by atoms with Crippen molar-refractivity contribution in [2.75, 3.05) is 5.73 Å². The van der Waals surface area contributed by atoms with Crippen molar-refractivity contribution >= 4 is 23.4 Å². The molecule has 306 valence electrons. The number of nitrogen functional groups attached to an aromatic ring is 1. The number of Topliss-reactive ketones (excluding diaryl/α,β-unsaturated/α-hetero) is 2. The van der Waals surface area contributed by atoms with E-state index in [0.29, 0.717) is 51.2 Å². The number of esters is 1. The fraction of sp³-hybridized carbons (Fsp3) is 0.233. The highest BCUT2D eigenvalue weighted by Crippen LogP contribution is 2.28. The van der Waals surface area contributed by atoms with Crippen molar-refractivity contribution in [1.29, 1.82) is 0 Å². The van der Waals surface area contributed by atoms with Crippen LogP contribution in [0.25, 0.3) is 22.5 Å². The van der Waals surface area contributed by atoms with E-state index in [1.807, 2.05) is 44.2 Å². The van der Waals surface area contributed by atoms with Gasteiger partial charge in [-0.3, -0.25) is 28.7 Å². The molecule has 0 amide bonds. The van der Waals surface area contributed by atoms with Crippen molar-refractivity contribution in [3.05, 3.63) is 148 Å². The van der Waals surface area contributed by atoms with Gasteiger partial charge in [0.2, 0.25) is 0 Å². The van der Waals surface area contributed by atoms with Crippen molar-refractivity contribution in [3.63, 3.8) is 0 Å². The van der Waals surface area contributed by atoms with E-state index in [0.717, 1.165) is 29.1 Å². The predicted octanol–water partition coefficient (Wildman–Crippen LogP) is 5.77. The maximum absolute atomic E-state index is 14.5. The highest BCUT2D eigenvalue weighted by Gasteiger charge is 2.24. The Morgan fingerprint density at radius 3 is 1.68 bits per heavy atom. The number of carbonyl (C=O) groups excluding carboxylic acids is 3. The van der Waals surface area contributed by atoms with E-state index in [9.17, 15) is 23.2 Å². The van der Waals surface area contributed by atoms with E-state index in [2.05, 4.69) is 40.1 Å². The van der Waals surface area contributed by atoms with Crippen molar-refractivity contribution < 1.29 is 27.9 Å². The third kappa shape index (κ3) is 9.98. The van der Waals surface area contributed by atoms with Gasteiger partial charge in [0.15, 0.2) is 11.6 Å². The highest BCUT2D eigenvalue weighted by molar-refractivity contribution is 6.02. The van der Waals surface area contributed by atoms with Gasteiger partial charge in [-0.15, -0.1) is 0 Å². The van der Waals surface area contributed by atoms with Gasteiger partial charge in [0, 0.05) is 56.0 Å². The van der Waals surface area contributed by atoms with Gasteiger partial charge in [0.1, 0.15) is 47.1 Å². The molecule has 0 saturated carbocycles. The number of nitrogens with zero attached hydrogens (tertiary/aromatic N) is 10. The number of ketones is 2. The number of pyridine rings is 2. The average molecular weight is 814 g/mol. The number of hydrogen-bond donors (Lipinski definition) is 1. The molecule has 0 aliphatic carbocycles. The monoisotopic (exact) mass is 813 g/mol. The summed E-state index contributed by atoms with van der Waals surface area (Å²) in [5, 5.41) is 8.39. The molecule has 0 fully saturated rings. The number of aryl methyl sites for hydroxylation is 6. The Bertz CT molecular complexity index is 2720. The van der Waals surface area contributed by atoms with Crippen LogP contribution in [0.4, 0.5) is 14.6 Å². The molecular formula is C43H41F2N11O4. The van der Waals surface area contributed by atoms with E-state index in [1.54, 1.807) is 52.7 Å². The van der Waals surface area contributed by atoms with Crippen molar-refractivity contribution in [3.8, 4) is 22.5 Å². The summed E-state index contributed by atoms with van der Waals surface area (Å²) in [5.74, 6) is -0.982. The van der Waals surface area contributed by atoms with Gasteiger partial charge in [-0.2, -0.15) is 10.2 Å². The van der Waals surface area contributed by atoms with Gasteiger partial charge in [-0.25, -0.2) is 33.7 Å². The molecule has 7 rings (SSSR count). The number of carbonyl (C=O) groups is 3. The van der Waals surface area contributed by atoms with Crippen LogP contribution in [0, 0.1) is 39.3 Å². The molecule has 7 aromatic rings. The first-order valence-electron chi connectivity index (χ1n) is 18.6. The van der Waals surface area contributed by atoms with Gasteiger partial charge in [-0.05, 0) is 62.1 Å². The van der Waals surface area contributed by atoms with Crippen molar-refractivity contribution in [1.82, 2.24) is 49.5 Å². The van der Waals surface area contributed by atoms with Gasteiger partial charge in [-0.1, -0.05) is 30.3 Å². The first-order valence-corrected chi connectivity index (χ1v) is 18.6. The Hall–Kier alpha value is -7.43. The Morgan fingerprint density at radius 1 is 0.650 bits per heavy atom. The number of rotatable bonds is 12. The summed E-state index contributed by atoms with van der Waals surface area (Å²) < 4.78 is 36.6. The summed E-state index contributed by atoms with van der Waals surface area (Å²) in [5.41, 5.74) is 11.8. The molecule has 0 saturated heterocycles. The first kappa shape index (κ1) is 42.2. The number of hydrogen-bond acceptors (Lipinski definition) is 13. The van der Waals surface area contributed by atoms with E-state index >= 15 is 0 Å². The lowest BCUT2D eigenvalue weighted by atomic mass is 10.0. The van der Waals surface area contributed by atoms with E-state index in [4.69, 9.17) is 10.5 Å². The molecule has 0 aliphatic heterocycles. The quantitative estimate of drug-likeness (QED) is 0.115. The zero-order valence-electron chi connectivity index (χ0n) is 33.8. The lowest BCUT2D eigenvalue weighted by Gasteiger charge is -2.10. The van der Waals surface area contributed by atoms with Crippen LogP contribution < -0.4 is 5.73 Å². The van der Waals surface area contributed by atoms with Crippen LogP contribution in [0.15, 0.2) is 79.6 Å². The summed E-state index contributed by atoms with van der Waals surface area (Å²) in [6.45, 7) is 7.38. The summed E-state index contributed by atoms with van der Waals surface area (Å²) in [6, 6.07) is 12.1. The van der Waals surface area contributed by atoms with Gasteiger partial charge in [0.05, 0.1) is 48.3 Å². The largest absolute Gasteiger partial charge is 0.461 e. The van der Waals surface area contributed by atoms with Crippen molar-refractivity contribution in [2.24, 2.45) is 14.1 Å². The third-order valence-electron chi connectivity index (χ3n) is 9.32. The second kappa shape index (κ2) is 18.4. The predicted molar refractivity (Wildman–Crippen MR) is 216 cm³/mol. The van der Waals surface area contributed by atoms with Gasteiger partial charge >= 0.3 is 5.97 Å². The Morgan fingerprint density at radius 2 is 1.15 bits per heavy atom. The Balaban J connectivity index is 0.000000213. The zero-order chi connectivity index (χ0) is 43.1.